The zero-order valence-electron chi connectivity index (χ0n) is 12.6. The van der Waals surface area contributed by atoms with Crippen molar-refractivity contribution >= 4 is 17.6 Å². The van der Waals surface area contributed by atoms with Crippen LogP contribution in [0.5, 0.6) is 5.75 Å². The number of rotatable bonds is 4. The van der Waals surface area contributed by atoms with Crippen LogP contribution in [0.25, 0.3) is 0 Å². The standard InChI is InChI=1S/C14H6F7N3O3/c15-9-8(14(19,20)21)10(16)12(18)13(11(9)17)23-22-4-5-1-2-6(24(26)27)7(25)3-5/h1-4,23,25H/b22-4+. The molecule has 0 aromatic heterocycles. The molecule has 0 radical (unpaired) electrons. The number of nitrogens with one attached hydrogen (secondary N) is 1. The lowest BCUT2D eigenvalue weighted by Gasteiger charge is -2.13. The maximum absolute atomic E-state index is 13.6. The molecule has 2 aromatic carbocycles. The first kappa shape index (κ1) is 19.9. The fourth-order valence-corrected chi connectivity index (χ4v) is 1.93. The predicted molar refractivity (Wildman–Crippen MR) is 77.3 cm³/mol. The number of hydrazone groups is 1. The van der Waals surface area contributed by atoms with Crippen LogP contribution < -0.4 is 5.43 Å². The van der Waals surface area contributed by atoms with Gasteiger partial charge in [-0.3, -0.25) is 15.5 Å². The third-order valence-electron chi connectivity index (χ3n) is 3.13. The van der Waals surface area contributed by atoms with Gasteiger partial charge in [-0.1, -0.05) is 0 Å². The van der Waals surface area contributed by atoms with Gasteiger partial charge in [0, 0.05) is 6.07 Å². The number of halogens is 7. The lowest BCUT2D eigenvalue weighted by Crippen LogP contribution is -2.16. The number of alkyl halides is 3. The summed E-state index contributed by atoms with van der Waals surface area (Å²) in [6.45, 7) is 0. The maximum Gasteiger partial charge on any atom is 0.422 e. The van der Waals surface area contributed by atoms with Gasteiger partial charge in [-0.15, -0.1) is 0 Å². The Balaban J connectivity index is 2.35. The molecule has 0 fully saturated rings. The van der Waals surface area contributed by atoms with E-state index in [1.54, 1.807) is 0 Å². The van der Waals surface area contributed by atoms with Gasteiger partial charge in [-0.25, -0.2) is 17.6 Å². The van der Waals surface area contributed by atoms with E-state index in [0.717, 1.165) is 24.4 Å². The molecule has 13 heteroatoms. The van der Waals surface area contributed by atoms with Crippen molar-refractivity contribution in [3.8, 4) is 5.75 Å². The molecule has 0 heterocycles. The summed E-state index contributed by atoms with van der Waals surface area (Å²) < 4.78 is 91.5. The summed E-state index contributed by atoms with van der Waals surface area (Å²) in [4.78, 5) is 9.64. The molecule has 6 nitrogen and oxygen atoms in total. The smallest absolute Gasteiger partial charge is 0.422 e. The number of benzene rings is 2. The highest BCUT2D eigenvalue weighted by molar-refractivity contribution is 5.81. The van der Waals surface area contributed by atoms with Crippen LogP contribution in [-0.4, -0.2) is 16.2 Å². The van der Waals surface area contributed by atoms with E-state index in [4.69, 9.17) is 0 Å². The molecule has 2 rings (SSSR count). The molecule has 2 N–H and O–H groups in total. The van der Waals surface area contributed by atoms with Crippen molar-refractivity contribution < 1.29 is 40.8 Å². The first-order valence-electron chi connectivity index (χ1n) is 6.64. The Morgan fingerprint density at radius 2 is 1.63 bits per heavy atom. The monoisotopic (exact) mass is 397 g/mol. The molecule has 0 saturated carbocycles. The van der Waals surface area contributed by atoms with Crippen LogP contribution in [0.1, 0.15) is 11.1 Å². The minimum absolute atomic E-state index is 0.0423. The number of nitrogens with zero attached hydrogens (tertiary/aromatic N) is 2. The number of hydrogen-bond acceptors (Lipinski definition) is 5. The molecule has 0 atom stereocenters. The summed E-state index contributed by atoms with van der Waals surface area (Å²) >= 11 is 0. The van der Waals surface area contributed by atoms with Crippen LogP contribution in [0.15, 0.2) is 23.3 Å². The second kappa shape index (κ2) is 7.09. The van der Waals surface area contributed by atoms with E-state index in [9.17, 15) is 46.0 Å². The summed E-state index contributed by atoms with van der Waals surface area (Å²) in [7, 11) is 0. The van der Waals surface area contributed by atoms with Crippen LogP contribution in [-0.2, 0) is 6.18 Å². The molecule has 0 bridgehead atoms. The van der Waals surface area contributed by atoms with Gasteiger partial charge >= 0.3 is 11.9 Å². The molecular formula is C14H6F7N3O3. The van der Waals surface area contributed by atoms with Gasteiger partial charge in [0.05, 0.1) is 11.1 Å². The van der Waals surface area contributed by atoms with Crippen LogP contribution in [0.4, 0.5) is 42.1 Å². The van der Waals surface area contributed by atoms with Crippen LogP contribution >= 0.6 is 0 Å². The highest BCUT2D eigenvalue weighted by Crippen LogP contribution is 2.38. The summed E-state index contributed by atoms with van der Waals surface area (Å²) in [6.07, 6.45) is -4.94. The van der Waals surface area contributed by atoms with Gasteiger partial charge in [0.1, 0.15) is 11.3 Å². The third-order valence-corrected chi connectivity index (χ3v) is 3.13. The molecule has 0 saturated heterocycles. The Hall–Kier alpha value is -3.38. The number of nitro benzene ring substituents is 1. The van der Waals surface area contributed by atoms with Gasteiger partial charge in [0.15, 0.2) is 29.0 Å². The second-order valence-corrected chi connectivity index (χ2v) is 4.88. The number of hydrogen-bond donors (Lipinski definition) is 2. The number of phenolic OH excluding ortho intramolecular Hbond substituents is 1. The highest BCUT2D eigenvalue weighted by Gasteiger charge is 2.42. The Labute approximate surface area is 144 Å². The second-order valence-electron chi connectivity index (χ2n) is 4.88. The first-order chi connectivity index (χ1) is 12.4. The zero-order valence-corrected chi connectivity index (χ0v) is 12.6. The van der Waals surface area contributed by atoms with E-state index in [0.29, 0.717) is 0 Å². The predicted octanol–water partition coefficient (Wildman–Crippen LogP) is 4.32. The summed E-state index contributed by atoms with van der Waals surface area (Å²) in [6, 6.07) is 2.77. The molecule has 2 aromatic rings. The normalized spacial score (nSPS) is 11.8. The first-order valence-corrected chi connectivity index (χ1v) is 6.64. The van der Waals surface area contributed by atoms with Crippen molar-refractivity contribution in [3.05, 3.63) is 62.7 Å². The fourth-order valence-electron chi connectivity index (χ4n) is 1.93. The van der Waals surface area contributed by atoms with Gasteiger partial charge in [-0.2, -0.15) is 18.3 Å². The molecule has 27 heavy (non-hydrogen) atoms. The Kier molecular flexibility index (Phi) is 5.23. The summed E-state index contributed by atoms with van der Waals surface area (Å²) in [5.74, 6) is -10.8. The summed E-state index contributed by atoms with van der Waals surface area (Å²) in [5, 5.41) is 23.1. The van der Waals surface area contributed by atoms with Crippen LogP contribution in [0.2, 0.25) is 0 Å². The fraction of sp³-hybridized carbons (Fsp3) is 0.0714. The average Bonchev–Trinajstić information content (AvgIpc) is 2.55. The van der Waals surface area contributed by atoms with Crippen molar-refractivity contribution in [1.29, 1.82) is 0 Å². The van der Waals surface area contributed by atoms with Gasteiger partial charge in [-0.05, 0) is 17.7 Å². The molecule has 0 unspecified atom stereocenters. The number of anilines is 1. The number of aromatic hydroxyl groups is 1. The van der Waals surface area contributed by atoms with E-state index in [-0.39, 0.29) is 5.56 Å². The zero-order chi connectivity index (χ0) is 20.5. The molecular weight excluding hydrogens is 391 g/mol. The molecule has 0 aliphatic heterocycles. The van der Waals surface area contributed by atoms with Crippen molar-refractivity contribution in [2.45, 2.75) is 6.18 Å². The molecule has 144 valence electrons. The third kappa shape index (κ3) is 3.91. The topological polar surface area (TPSA) is 87.8 Å². The SMILES string of the molecule is O=[N+]([O-])c1ccc(/C=N/Nc2c(F)c(F)c(C(F)(F)F)c(F)c2F)cc1O. The minimum Gasteiger partial charge on any atom is -0.502 e. The highest BCUT2D eigenvalue weighted by atomic mass is 19.4. The van der Waals surface area contributed by atoms with Crippen molar-refractivity contribution in [3.63, 3.8) is 0 Å². The largest absolute Gasteiger partial charge is 0.502 e. The Morgan fingerprint density at radius 1 is 1.07 bits per heavy atom. The average molecular weight is 397 g/mol. The van der Waals surface area contributed by atoms with E-state index in [1.807, 2.05) is 0 Å². The van der Waals surface area contributed by atoms with Crippen molar-refractivity contribution in [2.24, 2.45) is 5.10 Å². The lowest BCUT2D eigenvalue weighted by atomic mass is 10.1. The summed E-state index contributed by atoms with van der Waals surface area (Å²) in [5.41, 5.74) is -3.54. The van der Waals surface area contributed by atoms with Crippen LogP contribution in [0.3, 0.4) is 0 Å². The molecule has 0 aliphatic carbocycles. The van der Waals surface area contributed by atoms with E-state index < -0.39 is 57.1 Å². The van der Waals surface area contributed by atoms with E-state index >= 15 is 0 Å². The van der Waals surface area contributed by atoms with Gasteiger partial charge < -0.3 is 5.11 Å². The van der Waals surface area contributed by atoms with E-state index in [2.05, 4.69) is 5.10 Å². The quantitative estimate of drug-likeness (QED) is 0.264. The van der Waals surface area contributed by atoms with E-state index in [1.165, 1.54) is 5.43 Å². The van der Waals surface area contributed by atoms with Crippen molar-refractivity contribution in [1.82, 2.24) is 0 Å². The lowest BCUT2D eigenvalue weighted by molar-refractivity contribution is -0.385. The van der Waals surface area contributed by atoms with Gasteiger partial charge in [0.2, 0.25) is 0 Å². The minimum atomic E-state index is -5.67. The Morgan fingerprint density at radius 3 is 2.07 bits per heavy atom. The van der Waals surface area contributed by atoms with Gasteiger partial charge in [0.25, 0.3) is 0 Å². The number of nitro groups is 1. The molecule has 0 spiro atoms. The van der Waals surface area contributed by atoms with Crippen molar-refractivity contribution in [2.75, 3.05) is 5.43 Å². The molecule has 0 aliphatic rings. The maximum atomic E-state index is 13.6. The Bertz CT molecular complexity index is 916. The number of phenols is 1. The van der Waals surface area contributed by atoms with Crippen LogP contribution in [0, 0.1) is 33.4 Å². The molecule has 0 amide bonds.